The highest BCUT2D eigenvalue weighted by Gasteiger charge is 2.41. The van der Waals surface area contributed by atoms with Gasteiger partial charge >= 0.3 is 5.97 Å². The van der Waals surface area contributed by atoms with Crippen LogP contribution in [0.3, 0.4) is 0 Å². The third kappa shape index (κ3) is 10.6. The van der Waals surface area contributed by atoms with Crippen LogP contribution in [0.1, 0.15) is 131 Å². The second kappa shape index (κ2) is 14.5. The zero-order valence-electron chi connectivity index (χ0n) is 21.0. The Bertz CT molecular complexity index is 452. The number of carboxylic acid groups (broad SMARTS) is 1. The second-order valence-electron chi connectivity index (χ2n) is 11.4. The summed E-state index contributed by atoms with van der Waals surface area (Å²) in [6, 6.07) is 0. The monoisotopic (exact) mass is 423 g/mol. The van der Waals surface area contributed by atoms with Crippen LogP contribution in [0.4, 0.5) is 0 Å². The number of hydrogen-bond acceptors (Lipinski definition) is 2. The Morgan fingerprint density at radius 1 is 0.867 bits per heavy atom. The third-order valence-electron chi connectivity index (χ3n) is 7.77. The van der Waals surface area contributed by atoms with Gasteiger partial charge in [-0.25, -0.2) is 0 Å². The Morgan fingerprint density at radius 2 is 1.37 bits per heavy atom. The number of piperidine rings is 1. The summed E-state index contributed by atoms with van der Waals surface area (Å²) in [7, 11) is 0. The van der Waals surface area contributed by atoms with Gasteiger partial charge in [0.1, 0.15) is 0 Å². The Labute approximate surface area is 188 Å². The minimum atomic E-state index is -0.630. The molecule has 30 heavy (non-hydrogen) atoms. The van der Waals surface area contributed by atoms with E-state index in [4.69, 9.17) is 0 Å². The lowest BCUT2D eigenvalue weighted by Gasteiger charge is -2.40. The third-order valence-corrected chi connectivity index (χ3v) is 7.77. The van der Waals surface area contributed by atoms with Gasteiger partial charge in [-0.3, -0.25) is 4.79 Å². The van der Waals surface area contributed by atoms with Gasteiger partial charge in [0.2, 0.25) is 0 Å². The van der Waals surface area contributed by atoms with E-state index in [1.54, 1.807) is 0 Å². The van der Waals surface area contributed by atoms with Gasteiger partial charge in [0.25, 0.3) is 0 Å². The van der Waals surface area contributed by atoms with Gasteiger partial charge in [-0.05, 0) is 76.3 Å². The number of nitrogens with one attached hydrogen (secondary N) is 1. The molecule has 0 saturated carbocycles. The first kappa shape index (κ1) is 27.5. The van der Waals surface area contributed by atoms with Gasteiger partial charge in [-0.1, -0.05) is 85.0 Å². The molecule has 0 radical (unpaired) electrons. The first-order chi connectivity index (χ1) is 14.2. The maximum absolute atomic E-state index is 12.0. The first-order valence-electron chi connectivity index (χ1n) is 13.1. The predicted octanol–water partition coefficient (Wildman–Crippen LogP) is 7.83. The van der Waals surface area contributed by atoms with Crippen LogP contribution in [0.25, 0.3) is 0 Å². The molecule has 0 aromatic rings. The number of aliphatic carboxylic acids is 1. The number of rotatable bonds is 17. The number of hydrogen-bond donors (Lipinski definition) is 2. The molecule has 1 atom stereocenters. The van der Waals surface area contributed by atoms with Crippen molar-refractivity contribution in [2.45, 2.75) is 131 Å². The van der Waals surface area contributed by atoms with E-state index >= 15 is 0 Å². The van der Waals surface area contributed by atoms with E-state index < -0.39 is 11.4 Å². The molecular formula is C27H53NO2. The molecule has 1 unspecified atom stereocenters. The number of carboxylic acids is 1. The van der Waals surface area contributed by atoms with Crippen LogP contribution < -0.4 is 5.32 Å². The summed E-state index contributed by atoms with van der Waals surface area (Å²) >= 11 is 0. The Morgan fingerprint density at radius 3 is 1.87 bits per heavy atom. The van der Waals surface area contributed by atoms with E-state index in [9.17, 15) is 9.90 Å². The highest BCUT2D eigenvalue weighted by molar-refractivity contribution is 5.74. The highest BCUT2D eigenvalue weighted by atomic mass is 16.4. The van der Waals surface area contributed by atoms with Gasteiger partial charge in [-0.15, -0.1) is 0 Å². The fraction of sp³-hybridized carbons (Fsp3) is 0.963. The van der Waals surface area contributed by atoms with Crippen molar-refractivity contribution in [2.75, 3.05) is 13.1 Å². The molecule has 1 aliphatic rings. The second-order valence-corrected chi connectivity index (χ2v) is 11.4. The van der Waals surface area contributed by atoms with Crippen LogP contribution in [0, 0.1) is 22.7 Å². The van der Waals surface area contributed by atoms with Crippen molar-refractivity contribution >= 4 is 5.97 Å². The molecule has 0 aromatic heterocycles. The quantitative estimate of drug-likeness (QED) is 0.234. The molecular weight excluding hydrogens is 370 g/mol. The van der Waals surface area contributed by atoms with Crippen molar-refractivity contribution in [2.24, 2.45) is 22.7 Å². The van der Waals surface area contributed by atoms with E-state index in [2.05, 4.69) is 26.1 Å². The average molecular weight is 424 g/mol. The lowest BCUT2D eigenvalue weighted by molar-refractivity contribution is -0.152. The van der Waals surface area contributed by atoms with Gasteiger partial charge in [0.15, 0.2) is 0 Å². The molecule has 1 rings (SSSR count). The summed E-state index contributed by atoms with van der Waals surface area (Å²) in [4.78, 5) is 12.0. The molecule has 2 N–H and O–H groups in total. The van der Waals surface area contributed by atoms with Crippen LogP contribution in [0.2, 0.25) is 0 Å². The highest BCUT2D eigenvalue weighted by Crippen LogP contribution is 2.43. The van der Waals surface area contributed by atoms with Crippen LogP contribution in [0.15, 0.2) is 0 Å². The smallest absolute Gasteiger partial charge is 0.309 e. The Hall–Kier alpha value is -0.570. The first-order valence-corrected chi connectivity index (χ1v) is 13.1. The lowest BCUT2D eigenvalue weighted by atomic mass is 9.65. The molecule has 0 aliphatic carbocycles. The van der Waals surface area contributed by atoms with Crippen molar-refractivity contribution in [1.82, 2.24) is 5.32 Å². The molecule has 0 bridgehead atoms. The van der Waals surface area contributed by atoms with E-state index in [1.165, 1.54) is 70.6 Å². The van der Waals surface area contributed by atoms with Crippen LogP contribution in [-0.2, 0) is 4.79 Å². The van der Waals surface area contributed by atoms with E-state index in [0.717, 1.165) is 38.8 Å². The van der Waals surface area contributed by atoms with Crippen molar-refractivity contribution in [3.63, 3.8) is 0 Å². The van der Waals surface area contributed by atoms with Crippen molar-refractivity contribution in [3.8, 4) is 0 Å². The fourth-order valence-corrected chi connectivity index (χ4v) is 5.35. The summed E-state index contributed by atoms with van der Waals surface area (Å²) < 4.78 is 0. The van der Waals surface area contributed by atoms with Crippen molar-refractivity contribution in [3.05, 3.63) is 0 Å². The molecule has 0 spiro atoms. The van der Waals surface area contributed by atoms with E-state index in [0.29, 0.717) is 11.3 Å². The summed E-state index contributed by atoms with van der Waals surface area (Å²) in [5.41, 5.74) is -0.310. The maximum Gasteiger partial charge on any atom is 0.309 e. The molecule has 0 amide bonds. The normalized spacial score (nSPS) is 17.2. The summed E-state index contributed by atoms with van der Waals surface area (Å²) in [5, 5.41) is 13.3. The molecule has 178 valence electrons. The molecule has 0 aromatic carbocycles. The maximum atomic E-state index is 12.0. The topological polar surface area (TPSA) is 49.3 Å². The zero-order valence-corrected chi connectivity index (χ0v) is 21.0. The summed E-state index contributed by atoms with van der Waals surface area (Å²) in [6.45, 7) is 13.1. The van der Waals surface area contributed by atoms with Gasteiger partial charge in [0.05, 0.1) is 5.41 Å². The molecule has 1 saturated heterocycles. The zero-order chi connectivity index (χ0) is 22.5. The molecule has 3 heteroatoms. The molecule has 1 fully saturated rings. The Kier molecular flexibility index (Phi) is 13.3. The molecule has 3 nitrogen and oxygen atoms in total. The fourth-order valence-electron chi connectivity index (χ4n) is 5.35. The van der Waals surface area contributed by atoms with Gasteiger partial charge in [-0.2, -0.15) is 0 Å². The lowest BCUT2D eigenvalue weighted by Crippen LogP contribution is -2.42. The average Bonchev–Trinajstić information content (AvgIpc) is 2.70. The standard InChI is InChI=1S/C27H53NO2/c1-6-7-8-9-10-11-12-13-14-15-19-26(2,3)20-16-24(27(4,5)25(29)30)23-17-21-28-22-18-23/h23-24,28H,6-22H2,1-5H3,(H,29,30). The minimum Gasteiger partial charge on any atom is -0.481 e. The largest absolute Gasteiger partial charge is 0.481 e. The van der Waals surface area contributed by atoms with Crippen LogP contribution in [0.5, 0.6) is 0 Å². The van der Waals surface area contributed by atoms with Crippen molar-refractivity contribution in [1.29, 1.82) is 0 Å². The number of carbonyl (C=O) groups is 1. The van der Waals surface area contributed by atoms with Crippen LogP contribution >= 0.6 is 0 Å². The SMILES string of the molecule is CCCCCCCCCCCCC(C)(C)CCC(C1CCNCC1)C(C)(C)C(=O)O. The van der Waals surface area contributed by atoms with Crippen LogP contribution in [-0.4, -0.2) is 24.2 Å². The molecule has 1 aliphatic heterocycles. The van der Waals surface area contributed by atoms with E-state index in [-0.39, 0.29) is 5.92 Å². The molecule has 1 heterocycles. The Balaban J connectivity index is 2.33. The minimum absolute atomic E-state index is 0.282. The van der Waals surface area contributed by atoms with Gasteiger partial charge in [0, 0.05) is 0 Å². The number of unbranched alkanes of at least 4 members (excludes halogenated alkanes) is 9. The van der Waals surface area contributed by atoms with Gasteiger partial charge < -0.3 is 10.4 Å². The summed E-state index contributed by atoms with van der Waals surface area (Å²) in [5.74, 6) is 0.202. The predicted molar refractivity (Wildman–Crippen MR) is 130 cm³/mol. The van der Waals surface area contributed by atoms with Crippen molar-refractivity contribution < 1.29 is 9.90 Å². The van der Waals surface area contributed by atoms with E-state index in [1.807, 2.05) is 13.8 Å². The summed E-state index contributed by atoms with van der Waals surface area (Å²) in [6.07, 6.45) is 19.6.